The Bertz CT molecular complexity index is 577. The first kappa shape index (κ1) is 14.4. The van der Waals surface area contributed by atoms with Crippen LogP contribution in [0.4, 0.5) is 18.9 Å². The highest BCUT2D eigenvalue weighted by Gasteiger charge is 2.40. The van der Waals surface area contributed by atoms with Gasteiger partial charge in [-0.15, -0.1) is 0 Å². The molecule has 1 saturated heterocycles. The van der Waals surface area contributed by atoms with Gasteiger partial charge < -0.3 is 5.32 Å². The highest BCUT2D eigenvalue weighted by molar-refractivity contribution is 6.08. The van der Waals surface area contributed by atoms with E-state index < -0.39 is 47.0 Å². The maximum absolute atomic E-state index is 13.8. The third kappa shape index (κ3) is 2.23. The van der Waals surface area contributed by atoms with Crippen molar-refractivity contribution in [2.45, 2.75) is 32.4 Å². The Kier molecular flexibility index (Phi) is 3.69. The van der Waals surface area contributed by atoms with Crippen molar-refractivity contribution in [3.05, 3.63) is 29.6 Å². The van der Waals surface area contributed by atoms with Crippen LogP contribution in [0.3, 0.4) is 0 Å². The minimum Gasteiger partial charge on any atom is -0.343 e. The molecule has 2 rings (SSSR count). The summed E-state index contributed by atoms with van der Waals surface area (Å²) in [4.78, 5) is 24.8. The SMILES string of the molecule is CCC1C(=O)NC(C)C(=O)N1c1cc(F)cc(F)c1F. The van der Waals surface area contributed by atoms with Gasteiger partial charge in [0.25, 0.3) is 0 Å². The second-order valence-electron chi connectivity index (χ2n) is 4.58. The molecule has 0 radical (unpaired) electrons. The molecule has 0 saturated carbocycles. The zero-order valence-corrected chi connectivity index (χ0v) is 10.9. The van der Waals surface area contributed by atoms with Gasteiger partial charge in [-0.3, -0.25) is 14.5 Å². The summed E-state index contributed by atoms with van der Waals surface area (Å²) in [6.07, 6.45) is 0.196. The van der Waals surface area contributed by atoms with E-state index in [1.807, 2.05) is 0 Å². The molecule has 108 valence electrons. The Labute approximate surface area is 113 Å². The van der Waals surface area contributed by atoms with Crippen LogP contribution in [-0.4, -0.2) is 23.9 Å². The normalized spacial score (nSPS) is 22.9. The standard InChI is InChI=1S/C13H13F3N2O2/c1-3-9-12(19)17-6(2)13(20)18(9)10-5-7(14)4-8(15)11(10)16/h4-6,9H,3H2,1-2H3,(H,17,19). The smallest absolute Gasteiger partial charge is 0.250 e. The van der Waals surface area contributed by atoms with Gasteiger partial charge >= 0.3 is 0 Å². The van der Waals surface area contributed by atoms with Crippen LogP contribution in [0.1, 0.15) is 20.3 Å². The van der Waals surface area contributed by atoms with Crippen LogP contribution < -0.4 is 10.2 Å². The van der Waals surface area contributed by atoms with E-state index in [2.05, 4.69) is 5.32 Å². The molecule has 1 aromatic rings. The first-order chi connectivity index (χ1) is 9.36. The largest absolute Gasteiger partial charge is 0.343 e. The lowest BCUT2D eigenvalue weighted by molar-refractivity contribution is -0.133. The van der Waals surface area contributed by atoms with Gasteiger partial charge in [-0.2, -0.15) is 0 Å². The first-order valence-electron chi connectivity index (χ1n) is 6.14. The summed E-state index contributed by atoms with van der Waals surface area (Å²) in [6, 6.07) is -0.771. The van der Waals surface area contributed by atoms with Crippen molar-refractivity contribution < 1.29 is 22.8 Å². The van der Waals surface area contributed by atoms with Crippen LogP contribution in [0.15, 0.2) is 12.1 Å². The van der Waals surface area contributed by atoms with E-state index in [0.717, 1.165) is 4.90 Å². The molecule has 1 fully saturated rings. The van der Waals surface area contributed by atoms with Crippen molar-refractivity contribution in [2.75, 3.05) is 4.90 Å². The van der Waals surface area contributed by atoms with E-state index in [0.29, 0.717) is 12.1 Å². The fourth-order valence-corrected chi connectivity index (χ4v) is 2.22. The molecule has 1 heterocycles. The number of benzene rings is 1. The third-order valence-corrected chi connectivity index (χ3v) is 3.20. The number of carbonyl (C=O) groups is 2. The lowest BCUT2D eigenvalue weighted by Crippen LogP contribution is -2.62. The molecule has 1 aliphatic rings. The van der Waals surface area contributed by atoms with E-state index in [1.54, 1.807) is 6.92 Å². The number of halogens is 3. The first-order valence-corrected chi connectivity index (χ1v) is 6.14. The van der Waals surface area contributed by atoms with E-state index >= 15 is 0 Å². The van der Waals surface area contributed by atoms with E-state index in [1.165, 1.54) is 6.92 Å². The quantitative estimate of drug-likeness (QED) is 0.842. The molecular formula is C13H13F3N2O2. The highest BCUT2D eigenvalue weighted by atomic mass is 19.2. The Morgan fingerprint density at radius 2 is 1.90 bits per heavy atom. The molecule has 0 aromatic heterocycles. The van der Waals surface area contributed by atoms with Crippen LogP contribution in [0.2, 0.25) is 0 Å². The maximum Gasteiger partial charge on any atom is 0.250 e. The number of nitrogens with one attached hydrogen (secondary N) is 1. The van der Waals surface area contributed by atoms with Gasteiger partial charge in [0.05, 0.1) is 5.69 Å². The van der Waals surface area contributed by atoms with Gasteiger partial charge in [0.2, 0.25) is 11.8 Å². The monoisotopic (exact) mass is 286 g/mol. The Hall–Kier alpha value is -2.05. The summed E-state index contributed by atoms with van der Waals surface area (Å²) in [5, 5.41) is 2.44. The Morgan fingerprint density at radius 1 is 1.25 bits per heavy atom. The van der Waals surface area contributed by atoms with Crippen molar-refractivity contribution in [2.24, 2.45) is 0 Å². The Balaban J connectivity index is 2.57. The van der Waals surface area contributed by atoms with Crippen molar-refractivity contribution in [3.8, 4) is 0 Å². The Morgan fingerprint density at radius 3 is 2.50 bits per heavy atom. The number of nitrogens with zero attached hydrogens (tertiary/aromatic N) is 1. The summed E-state index contributed by atoms with van der Waals surface area (Å²) in [7, 11) is 0. The number of rotatable bonds is 2. The molecule has 0 aliphatic carbocycles. The zero-order valence-electron chi connectivity index (χ0n) is 10.9. The molecule has 2 unspecified atom stereocenters. The molecule has 7 heteroatoms. The van der Waals surface area contributed by atoms with Crippen LogP contribution in [-0.2, 0) is 9.59 Å². The second-order valence-corrected chi connectivity index (χ2v) is 4.58. The average molecular weight is 286 g/mol. The van der Waals surface area contributed by atoms with Crippen molar-refractivity contribution >= 4 is 17.5 Å². The van der Waals surface area contributed by atoms with Gasteiger partial charge in [-0.1, -0.05) is 6.92 Å². The molecule has 1 N–H and O–H groups in total. The topological polar surface area (TPSA) is 49.4 Å². The van der Waals surface area contributed by atoms with E-state index in [4.69, 9.17) is 0 Å². The summed E-state index contributed by atoms with van der Waals surface area (Å²) >= 11 is 0. The summed E-state index contributed by atoms with van der Waals surface area (Å²) in [5.74, 6) is -4.86. The number of amides is 2. The molecule has 2 amide bonds. The van der Waals surface area contributed by atoms with Gasteiger partial charge in [0.15, 0.2) is 11.6 Å². The fraction of sp³-hybridized carbons (Fsp3) is 0.385. The molecular weight excluding hydrogens is 273 g/mol. The minimum absolute atomic E-state index is 0.196. The van der Waals surface area contributed by atoms with E-state index in [9.17, 15) is 22.8 Å². The van der Waals surface area contributed by atoms with Crippen LogP contribution >= 0.6 is 0 Å². The number of piperazine rings is 1. The number of hydrogen-bond acceptors (Lipinski definition) is 2. The lowest BCUT2D eigenvalue weighted by atomic mass is 10.0. The van der Waals surface area contributed by atoms with Crippen LogP contribution in [0.5, 0.6) is 0 Å². The molecule has 1 aliphatic heterocycles. The van der Waals surface area contributed by atoms with Crippen molar-refractivity contribution in [3.63, 3.8) is 0 Å². The zero-order chi connectivity index (χ0) is 15.0. The van der Waals surface area contributed by atoms with Gasteiger partial charge in [-0.05, 0) is 13.3 Å². The number of carbonyl (C=O) groups excluding carboxylic acids is 2. The highest BCUT2D eigenvalue weighted by Crippen LogP contribution is 2.28. The number of anilines is 1. The summed E-state index contributed by atoms with van der Waals surface area (Å²) < 4.78 is 40.4. The van der Waals surface area contributed by atoms with Crippen LogP contribution in [0, 0.1) is 17.5 Å². The predicted octanol–water partition coefficient (Wildman–Crippen LogP) is 1.73. The third-order valence-electron chi connectivity index (χ3n) is 3.20. The summed E-state index contributed by atoms with van der Waals surface area (Å²) in [5.41, 5.74) is -0.555. The summed E-state index contributed by atoms with van der Waals surface area (Å²) in [6.45, 7) is 3.04. The van der Waals surface area contributed by atoms with Gasteiger partial charge in [-0.25, -0.2) is 13.2 Å². The van der Waals surface area contributed by atoms with Crippen molar-refractivity contribution in [1.29, 1.82) is 0 Å². The molecule has 4 nitrogen and oxygen atoms in total. The minimum atomic E-state index is -1.40. The molecule has 1 aromatic carbocycles. The van der Waals surface area contributed by atoms with E-state index in [-0.39, 0.29) is 6.42 Å². The van der Waals surface area contributed by atoms with Gasteiger partial charge in [0, 0.05) is 12.1 Å². The second kappa shape index (κ2) is 5.15. The lowest BCUT2D eigenvalue weighted by Gasteiger charge is -2.37. The fourth-order valence-electron chi connectivity index (χ4n) is 2.22. The van der Waals surface area contributed by atoms with Gasteiger partial charge in [0.1, 0.15) is 17.9 Å². The molecule has 0 bridgehead atoms. The predicted molar refractivity (Wildman–Crippen MR) is 65.5 cm³/mol. The average Bonchev–Trinajstić information content (AvgIpc) is 2.38. The maximum atomic E-state index is 13.8. The number of hydrogen-bond donors (Lipinski definition) is 1. The van der Waals surface area contributed by atoms with Crippen LogP contribution in [0.25, 0.3) is 0 Å². The molecule has 20 heavy (non-hydrogen) atoms. The molecule has 0 spiro atoms. The molecule has 2 atom stereocenters. The van der Waals surface area contributed by atoms with Crippen molar-refractivity contribution in [1.82, 2.24) is 5.32 Å².